The molecule has 4 aromatic rings. The lowest BCUT2D eigenvalue weighted by atomic mass is 10.2. The second kappa shape index (κ2) is 11.1. The first kappa shape index (κ1) is 24.3. The third-order valence-corrected chi connectivity index (χ3v) is 5.94. The van der Waals surface area contributed by atoms with E-state index in [0.717, 1.165) is 11.8 Å². The van der Waals surface area contributed by atoms with Crippen molar-refractivity contribution in [2.45, 2.75) is 11.8 Å². The third kappa shape index (κ3) is 6.20. The maximum Gasteiger partial charge on any atom is 0.342 e. The molecule has 178 valence electrons. The normalized spacial score (nSPS) is 11.3. The summed E-state index contributed by atoms with van der Waals surface area (Å²) in [6, 6.07) is 18.3. The maximum absolute atomic E-state index is 13.7. The summed E-state index contributed by atoms with van der Waals surface area (Å²) in [5.74, 6) is 0.0195. The molecule has 1 heterocycles. The second-order valence-corrected chi connectivity index (χ2v) is 8.62. The number of rotatable bonds is 9. The molecule has 0 unspecified atom stereocenters. The van der Waals surface area contributed by atoms with Crippen LogP contribution < -0.4 is 9.47 Å². The number of H-pyrrole nitrogens is 1. The number of carboxylic acid groups (broad SMARTS) is 1. The Morgan fingerprint density at radius 3 is 2.66 bits per heavy atom. The number of aromatic amines is 1. The van der Waals surface area contributed by atoms with Gasteiger partial charge in [-0.1, -0.05) is 41.9 Å². The Morgan fingerprint density at radius 2 is 1.94 bits per heavy atom. The Bertz CT molecular complexity index is 1380. The number of hydrogen-bond acceptors (Lipinski definition) is 6. The van der Waals surface area contributed by atoms with Gasteiger partial charge in [0.25, 0.3) is 0 Å². The Kier molecular flexibility index (Phi) is 7.69. The van der Waals surface area contributed by atoms with Crippen molar-refractivity contribution in [1.29, 1.82) is 0 Å². The summed E-state index contributed by atoms with van der Waals surface area (Å²) in [6.45, 7) is 0.0860. The molecule has 4 rings (SSSR count). The van der Waals surface area contributed by atoms with Gasteiger partial charge >= 0.3 is 5.97 Å². The fourth-order valence-corrected chi connectivity index (χ4v) is 3.98. The molecular formula is C25H19ClFN3O4S. The van der Waals surface area contributed by atoms with Gasteiger partial charge in [-0.3, -0.25) is 5.10 Å². The standard InChI is InChI=1S/C25H19ClFN3O4S/c1-33-21-11-8-17(26)13-19(21)23-28-25(30-29-23)35-22(24(31)32)12-15-6-9-18(10-7-15)34-14-16-4-2-3-5-20(16)27/h2-13H,14H2,1H3,(H,31,32)(H,28,29,30)/b22-12-. The van der Waals surface area contributed by atoms with E-state index in [9.17, 15) is 14.3 Å². The molecule has 0 bridgehead atoms. The number of carbonyl (C=O) groups is 1. The Morgan fingerprint density at radius 1 is 1.17 bits per heavy atom. The second-order valence-electron chi connectivity index (χ2n) is 7.18. The van der Waals surface area contributed by atoms with E-state index in [4.69, 9.17) is 21.1 Å². The maximum atomic E-state index is 13.7. The van der Waals surface area contributed by atoms with E-state index in [0.29, 0.717) is 39.0 Å². The molecule has 0 radical (unpaired) electrons. The van der Waals surface area contributed by atoms with Crippen LogP contribution in [0.25, 0.3) is 17.5 Å². The number of nitrogens with one attached hydrogen (secondary N) is 1. The van der Waals surface area contributed by atoms with Gasteiger partial charge in [0.2, 0.25) is 5.16 Å². The minimum Gasteiger partial charge on any atom is -0.496 e. The molecule has 0 aliphatic heterocycles. The number of aliphatic carboxylic acids is 1. The lowest BCUT2D eigenvalue weighted by molar-refractivity contribution is -0.131. The molecule has 0 saturated carbocycles. The van der Waals surface area contributed by atoms with E-state index in [2.05, 4.69) is 15.2 Å². The van der Waals surface area contributed by atoms with Crippen LogP contribution in [0.2, 0.25) is 5.02 Å². The van der Waals surface area contributed by atoms with Crippen LogP contribution in [-0.4, -0.2) is 33.4 Å². The zero-order valence-corrected chi connectivity index (χ0v) is 19.9. The number of thioether (sulfide) groups is 1. The molecule has 0 aliphatic carbocycles. The number of methoxy groups -OCH3 is 1. The summed E-state index contributed by atoms with van der Waals surface area (Å²) in [7, 11) is 1.53. The first-order valence-corrected chi connectivity index (χ1v) is 11.5. The number of benzene rings is 3. The van der Waals surface area contributed by atoms with Crippen LogP contribution in [0.1, 0.15) is 11.1 Å². The number of carboxylic acids is 1. The molecule has 0 aliphatic rings. The van der Waals surface area contributed by atoms with E-state index in [1.54, 1.807) is 60.7 Å². The lowest BCUT2D eigenvalue weighted by Crippen LogP contribution is -1.98. The van der Waals surface area contributed by atoms with Gasteiger partial charge in [-0.05, 0) is 59.8 Å². The SMILES string of the molecule is COc1ccc(Cl)cc1-c1nc(S/C(=C\c2ccc(OCc3ccccc3F)cc2)C(=O)O)n[nH]1. The molecule has 3 aromatic carbocycles. The van der Waals surface area contributed by atoms with Crippen molar-refractivity contribution in [1.82, 2.24) is 15.2 Å². The Balaban J connectivity index is 1.47. The molecule has 2 N–H and O–H groups in total. The van der Waals surface area contributed by atoms with Crippen LogP contribution in [0, 0.1) is 5.82 Å². The largest absolute Gasteiger partial charge is 0.496 e. The first-order chi connectivity index (χ1) is 16.9. The van der Waals surface area contributed by atoms with Crippen LogP contribution in [0.5, 0.6) is 11.5 Å². The Labute approximate surface area is 209 Å². The number of halogens is 2. The van der Waals surface area contributed by atoms with E-state index in [1.165, 1.54) is 19.3 Å². The van der Waals surface area contributed by atoms with Crippen molar-refractivity contribution in [3.8, 4) is 22.9 Å². The highest BCUT2D eigenvalue weighted by Gasteiger charge is 2.16. The van der Waals surface area contributed by atoms with Crippen molar-refractivity contribution in [3.05, 3.63) is 93.6 Å². The summed E-state index contributed by atoms with van der Waals surface area (Å²) in [5.41, 5.74) is 1.69. The zero-order valence-electron chi connectivity index (χ0n) is 18.4. The van der Waals surface area contributed by atoms with Crippen molar-refractivity contribution in [2.75, 3.05) is 7.11 Å². The Hall–Kier alpha value is -3.82. The monoisotopic (exact) mass is 511 g/mol. The highest BCUT2D eigenvalue weighted by molar-refractivity contribution is 8.04. The average molecular weight is 512 g/mol. The summed E-state index contributed by atoms with van der Waals surface area (Å²) in [5, 5.41) is 17.3. The van der Waals surface area contributed by atoms with Crippen LogP contribution in [-0.2, 0) is 11.4 Å². The van der Waals surface area contributed by atoms with Crippen LogP contribution in [0.4, 0.5) is 4.39 Å². The molecule has 7 nitrogen and oxygen atoms in total. The van der Waals surface area contributed by atoms with Crippen LogP contribution in [0.3, 0.4) is 0 Å². The smallest absolute Gasteiger partial charge is 0.342 e. The minimum atomic E-state index is -1.12. The fourth-order valence-electron chi connectivity index (χ4n) is 3.10. The molecule has 0 amide bonds. The van der Waals surface area contributed by atoms with Crippen molar-refractivity contribution < 1.29 is 23.8 Å². The average Bonchev–Trinajstić information content (AvgIpc) is 3.32. The van der Waals surface area contributed by atoms with Crippen molar-refractivity contribution in [2.24, 2.45) is 0 Å². The van der Waals surface area contributed by atoms with Crippen LogP contribution >= 0.6 is 23.4 Å². The predicted molar refractivity (Wildman–Crippen MR) is 132 cm³/mol. The quantitative estimate of drug-likeness (QED) is 0.208. The number of nitrogens with zero attached hydrogens (tertiary/aromatic N) is 2. The van der Waals surface area contributed by atoms with E-state index < -0.39 is 5.97 Å². The zero-order chi connectivity index (χ0) is 24.8. The molecule has 0 fully saturated rings. The van der Waals surface area contributed by atoms with E-state index in [-0.39, 0.29) is 22.5 Å². The molecule has 0 saturated heterocycles. The number of ether oxygens (including phenoxy) is 2. The van der Waals surface area contributed by atoms with Gasteiger partial charge in [-0.15, -0.1) is 5.10 Å². The van der Waals surface area contributed by atoms with Gasteiger partial charge in [-0.25, -0.2) is 14.2 Å². The molecular weight excluding hydrogens is 493 g/mol. The molecule has 0 atom stereocenters. The van der Waals surface area contributed by atoms with Gasteiger partial charge in [0.15, 0.2) is 5.82 Å². The molecule has 10 heteroatoms. The highest BCUT2D eigenvalue weighted by Crippen LogP contribution is 2.33. The lowest BCUT2D eigenvalue weighted by Gasteiger charge is -2.07. The van der Waals surface area contributed by atoms with Crippen LogP contribution in [0.15, 0.2) is 76.8 Å². The van der Waals surface area contributed by atoms with Gasteiger partial charge < -0.3 is 14.6 Å². The molecule has 1 aromatic heterocycles. The van der Waals surface area contributed by atoms with Gasteiger partial charge in [-0.2, -0.15) is 0 Å². The number of hydrogen-bond donors (Lipinski definition) is 2. The minimum absolute atomic E-state index is 0.0219. The molecule has 35 heavy (non-hydrogen) atoms. The first-order valence-electron chi connectivity index (χ1n) is 10.3. The van der Waals surface area contributed by atoms with Crippen molar-refractivity contribution in [3.63, 3.8) is 0 Å². The predicted octanol–water partition coefficient (Wildman–Crippen LogP) is 6.07. The van der Waals surface area contributed by atoms with Gasteiger partial charge in [0.1, 0.15) is 28.8 Å². The highest BCUT2D eigenvalue weighted by atomic mass is 35.5. The summed E-state index contributed by atoms with van der Waals surface area (Å²) in [4.78, 5) is 16.2. The summed E-state index contributed by atoms with van der Waals surface area (Å²) in [6.07, 6.45) is 1.50. The summed E-state index contributed by atoms with van der Waals surface area (Å²) >= 11 is 6.98. The summed E-state index contributed by atoms with van der Waals surface area (Å²) < 4.78 is 24.7. The fraction of sp³-hybridized carbons (Fsp3) is 0.0800. The van der Waals surface area contributed by atoms with Gasteiger partial charge in [0.05, 0.1) is 12.7 Å². The topological polar surface area (TPSA) is 97.3 Å². The van der Waals surface area contributed by atoms with Crippen molar-refractivity contribution >= 4 is 35.4 Å². The van der Waals surface area contributed by atoms with E-state index in [1.807, 2.05) is 0 Å². The number of aromatic nitrogens is 3. The third-order valence-electron chi connectivity index (χ3n) is 4.82. The molecule has 0 spiro atoms. The van der Waals surface area contributed by atoms with E-state index >= 15 is 0 Å². The van der Waals surface area contributed by atoms with Gasteiger partial charge in [0, 0.05) is 10.6 Å².